The van der Waals surface area contributed by atoms with E-state index in [0.29, 0.717) is 26.4 Å². The monoisotopic (exact) mass is 786 g/mol. The number of quaternary nitrogens is 1. The summed E-state index contributed by atoms with van der Waals surface area (Å²) in [7, 11) is -4.41. The first-order chi connectivity index (χ1) is 26.3. The lowest BCUT2D eigenvalue weighted by molar-refractivity contribution is -0.942. The van der Waals surface area contributed by atoms with Gasteiger partial charge in [-0.2, -0.15) is 0 Å². The van der Waals surface area contributed by atoms with Crippen LogP contribution in [-0.4, -0.2) is 70.3 Å². The molecule has 0 spiro atoms. The molecule has 3 aliphatic heterocycles. The molecule has 0 aromatic heterocycles. The predicted octanol–water partition coefficient (Wildman–Crippen LogP) is 13.1. The van der Waals surface area contributed by atoms with Crippen molar-refractivity contribution in [1.29, 1.82) is 0 Å². The smallest absolute Gasteiger partial charge is 0.268 e. The number of phosphoric acid groups is 1. The van der Waals surface area contributed by atoms with Crippen LogP contribution in [0.1, 0.15) is 220 Å². The number of phosphoric ester groups is 1. The third kappa shape index (κ3) is 26.8. The van der Waals surface area contributed by atoms with Crippen molar-refractivity contribution in [3.05, 3.63) is 0 Å². The molecule has 0 aromatic rings. The summed E-state index contributed by atoms with van der Waals surface area (Å²) in [6, 6.07) is 0. The second-order valence-electron chi connectivity index (χ2n) is 18.1. The zero-order chi connectivity index (χ0) is 38.9. The van der Waals surface area contributed by atoms with E-state index in [1.165, 1.54) is 186 Å². The van der Waals surface area contributed by atoms with Crippen LogP contribution in [0, 0.1) is 11.3 Å². The minimum Gasteiger partial charge on any atom is -0.756 e. The summed E-state index contributed by atoms with van der Waals surface area (Å²) in [5.41, 5.74) is -0.550. The molecule has 3 rings (SSSR count). The van der Waals surface area contributed by atoms with E-state index < -0.39 is 13.2 Å². The summed E-state index contributed by atoms with van der Waals surface area (Å²) in [4.78, 5) is 12.9. The zero-order valence-electron chi connectivity index (χ0n) is 36.4. The fourth-order valence-electron chi connectivity index (χ4n) is 8.65. The van der Waals surface area contributed by atoms with Gasteiger partial charge in [-0.05, 0) is 38.0 Å². The van der Waals surface area contributed by atoms with Gasteiger partial charge in [0.2, 0.25) is 0 Å². The van der Waals surface area contributed by atoms with Gasteiger partial charge in [0, 0.05) is 18.6 Å². The first-order valence-electron chi connectivity index (χ1n) is 23.9. The Balaban J connectivity index is 1.59. The van der Waals surface area contributed by atoms with Crippen molar-refractivity contribution in [3.8, 4) is 0 Å². The lowest BCUT2D eigenvalue weighted by Gasteiger charge is -2.49. The second kappa shape index (κ2) is 32.9. The first-order valence-corrected chi connectivity index (χ1v) is 25.4. The van der Waals surface area contributed by atoms with E-state index in [0.717, 1.165) is 49.4 Å². The van der Waals surface area contributed by atoms with Crippen molar-refractivity contribution in [2.45, 2.75) is 220 Å². The maximum absolute atomic E-state index is 12.9. The highest BCUT2D eigenvalue weighted by Crippen LogP contribution is 2.41. The summed E-state index contributed by atoms with van der Waals surface area (Å²) in [6.45, 7) is 13.3. The zero-order valence-corrected chi connectivity index (χ0v) is 37.3. The lowest BCUT2D eigenvalue weighted by atomic mass is 9.86. The van der Waals surface area contributed by atoms with Gasteiger partial charge in [0.25, 0.3) is 7.82 Å². The van der Waals surface area contributed by atoms with Gasteiger partial charge in [0.1, 0.15) is 13.2 Å². The summed E-state index contributed by atoms with van der Waals surface area (Å²) >= 11 is 0. The van der Waals surface area contributed by atoms with Crippen molar-refractivity contribution in [1.82, 2.24) is 0 Å². The lowest BCUT2D eigenvalue weighted by Crippen LogP contribution is -2.59. The van der Waals surface area contributed by atoms with Crippen molar-refractivity contribution in [2.24, 2.45) is 11.3 Å². The Hall–Kier alpha value is -0.0100. The average Bonchev–Trinajstić information content (AvgIpc) is 3.17. The molecule has 1 unspecified atom stereocenters. The van der Waals surface area contributed by atoms with E-state index in [2.05, 4.69) is 13.8 Å². The quantitative estimate of drug-likeness (QED) is 0.0349. The van der Waals surface area contributed by atoms with E-state index in [1.54, 1.807) is 0 Å². The molecule has 3 heterocycles. The summed E-state index contributed by atoms with van der Waals surface area (Å²) in [5.74, 6) is 0.880. The molecule has 0 aromatic carbocycles. The number of nitrogens with zero attached hydrogens (tertiary/aromatic N) is 1. The van der Waals surface area contributed by atoms with Gasteiger partial charge >= 0.3 is 0 Å². The Labute approximate surface area is 336 Å². The van der Waals surface area contributed by atoms with Gasteiger partial charge in [-0.3, -0.25) is 4.57 Å². The van der Waals surface area contributed by atoms with Crippen molar-refractivity contribution >= 4 is 7.82 Å². The van der Waals surface area contributed by atoms with Gasteiger partial charge in [-0.1, -0.05) is 188 Å². The predicted molar refractivity (Wildman–Crippen MR) is 227 cm³/mol. The average molecular weight is 786 g/mol. The Kier molecular flexibility index (Phi) is 30.5. The number of rotatable bonds is 41. The Morgan fingerprint density at radius 2 is 0.833 bits per heavy atom. The molecule has 54 heavy (non-hydrogen) atoms. The fourth-order valence-corrected chi connectivity index (χ4v) is 9.50. The molecule has 3 saturated heterocycles. The second-order valence-corrected chi connectivity index (χ2v) is 19.5. The molecular formula is C46H92NO6P. The number of hydrogen-bond donors (Lipinski definition) is 0. The summed E-state index contributed by atoms with van der Waals surface area (Å²) in [5, 5.41) is 0. The largest absolute Gasteiger partial charge is 0.756 e. The van der Waals surface area contributed by atoms with E-state index in [4.69, 9.17) is 18.5 Å². The summed E-state index contributed by atoms with van der Waals surface area (Å²) < 4.78 is 37.1. The molecule has 3 fully saturated rings. The van der Waals surface area contributed by atoms with Gasteiger partial charge < -0.3 is 27.9 Å². The molecule has 0 aliphatic carbocycles. The van der Waals surface area contributed by atoms with Crippen LogP contribution in [0.5, 0.6) is 0 Å². The van der Waals surface area contributed by atoms with Crippen molar-refractivity contribution in [3.63, 3.8) is 0 Å². The molecule has 3 aliphatic rings. The minimum atomic E-state index is -4.41. The van der Waals surface area contributed by atoms with Crippen LogP contribution in [0.3, 0.4) is 0 Å². The van der Waals surface area contributed by atoms with Crippen molar-refractivity contribution in [2.75, 3.05) is 65.8 Å². The van der Waals surface area contributed by atoms with Crippen molar-refractivity contribution < 1.29 is 32.5 Å². The van der Waals surface area contributed by atoms with Crippen LogP contribution in [0.15, 0.2) is 0 Å². The molecule has 8 heteroatoms. The molecule has 0 radical (unpaired) electrons. The van der Waals surface area contributed by atoms with E-state index >= 15 is 0 Å². The number of unbranched alkanes of at least 4 members (excludes halogenated alkanes) is 26. The third-order valence-electron chi connectivity index (χ3n) is 12.6. The first kappa shape index (κ1) is 50.1. The van der Waals surface area contributed by atoms with Gasteiger partial charge in [0.05, 0.1) is 39.5 Å². The van der Waals surface area contributed by atoms with E-state index in [1.807, 2.05) is 6.92 Å². The maximum Gasteiger partial charge on any atom is 0.268 e. The van der Waals surface area contributed by atoms with Gasteiger partial charge in [-0.15, -0.1) is 0 Å². The van der Waals surface area contributed by atoms with Gasteiger partial charge in [0.15, 0.2) is 0 Å². The maximum atomic E-state index is 12.9. The Bertz CT molecular complexity index is 831. The van der Waals surface area contributed by atoms with Crippen LogP contribution in [0.4, 0.5) is 0 Å². The highest BCUT2D eigenvalue weighted by atomic mass is 31.2. The van der Waals surface area contributed by atoms with Gasteiger partial charge in [-0.25, -0.2) is 0 Å². The normalized spacial score (nSPS) is 19.8. The topological polar surface area (TPSA) is 77.1 Å². The highest BCUT2D eigenvalue weighted by Gasteiger charge is 2.39. The molecular weight excluding hydrogens is 693 g/mol. The number of hydrogen-bond acceptors (Lipinski definition) is 6. The molecule has 0 N–H and O–H groups in total. The van der Waals surface area contributed by atoms with E-state index in [9.17, 15) is 9.46 Å². The van der Waals surface area contributed by atoms with Crippen LogP contribution in [-0.2, 0) is 23.1 Å². The molecule has 0 amide bonds. The standard InChI is InChI=1S/C46H92NO6P/c1-4-6-8-10-12-14-16-18-20-22-24-26-28-30-39-50-42-46(3,43-51-40-31-29-27-25-23-21-19-17-15-13-11-9-7-5-2)44-53-54(48,49)52-41-38-47-35-32-45(33-36-47)34-37-47/h45H,4-44H2,1-3H3. The number of fused-ring (bicyclic) bond motifs is 3. The Morgan fingerprint density at radius 1 is 0.500 bits per heavy atom. The molecule has 1 atom stereocenters. The number of piperidine rings is 3. The highest BCUT2D eigenvalue weighted by molar-refractivity contribution is 7.45. The van der Waals surface area contributed by atoms with Crippen LogP contribution < -0.4 is 4.89 Å². The third-order valence-corrected chi connectivity index (χ3v) is 13.6. The van der Waals surface area contributed by atoms with E-state index in [-0.39, 0.29) is 13.2 Å². The van der Waals surface area contributed by atoms with Crippen LogP contribution >= 0.6 is 7.82 Å². The Morgan fingerprint density at radius 3 is 1.19 bits per heavy atom. The summed E-state index contributed by atoms with van der Waals surface area (Å²) in [6.07, 6.45) is 41.2. The minimum absolute atomic E-state index is 0.0208. The van der Waals surface area contributed by atoms with Crippen LogP contribution in [0.2, 0.25) is 0 Å². The van der Waals surface area contributed by atoms with Crippen LogP contribution in [0.25, 0.3) is 0 Å². The fraction of sp³-hybridized carbons (Fsp3) is 1.00. The molecule has 322 valence electrons. The molecule has 7 nitrogen and oxygen atoms in total. The molecule has 0 saturated carbocycles. The number of ether oxygens (including phenoxy) is 2. The SMILES string of the molecule is CCCCCCCCCCCCCCCCOCC(C)(COCCCCCCCCCCCCCCCC)COP(=O)([O-])OCC[N+]12CCC(CC1)CC2. The molecule has 2 bridgehead atoms.